The summed E-state index contributed by atoms with van der Waals surface area (Å²) in [5.41, 5.74) is 3.38. The van der Waals surface area contributed by atoms with E-state index in [2.05, 4.69) is 27.0 Å². The molecule has 1 aliphatic rings. The largest absolute Gasteiger partial charge is 0.497 e. The number of aromatic nitrogens is 1. The van der Waals surface area contributed by atoms with Crippen LogP contribution in [-0.2, 0) is 9.53 Å². The summed E-state index contributed by atoms with van der Waals surface area (Å²) < 4.78 is 10.5. The van der Waals surface area contributed by atoms with Gasteiger partial charge in [-0.1, -0.05) is 6.92 Å². The van der Waals surface area contributed by atoms with Crippen LogP contribution in [0, 0.1) is 6.92 Å². The molecule has 0 bridgehead atoms. The van der Waals surface area contributed by atoms with E-state index in [1.165, 1.54) is 0 Å². The molecule has 2 heterocycles. The fourth-order valence-electron chi connectivity index (χ4n) is 4.06. The highest BCUT2D eigenvalue weighted by Gasteiger charge is 2.17. The van der Waals surface area contributed by atoms with Crippen molar-refractivity contribution in [3.05, 3.63) is 59.8 Å². The van der Waals surface area contributed by atoms with Crippen molar-refractivity contribution >= 4 is 34.2 Å². The van der Waals surface area contributed by atoms with E-state index in [0.29, 0.717) is 22.7 Å². The first-order valence-electron chi connectivity index (χ1n) is 11.5. The number of pyridine rings is 1. The minimum Gasteiger partial charge on any atom is -0.497 e. The van der Waals surface area contributed by atoms with Gasteiger partial charge < -0.3 is 24.6 Å². The number of hydrogen-bond donors (Lipinski definition) is 1. The number of carbonyl (C=O) groups excluding carboxylic acids is 2. The number of anilines is 2. The van der Waals surface area contributed by atoms with Crippen molar-refractivity contribution in [1.29, 1.82) is 0 Å². The Bertz CT molecular complexity index is 1170. The minimum atomic E-state index is -0.584. The highest BCUT2D eigenvalue weighted by atomic mass is 16.5. The Morgan fingerprint density at radius 2 is 1.76 bits per heavy atom. The highest BCUT2D eigenvalue weighted by molar-refractivity contribution is 5.98. The molecule has 0 spiro atoms. The molecular weight excluding hydrogens is 432 g/mol. The number of carbonyl (C=O) groups is 2. The normalized spacial score (nSPS) is 14.1. The molecule has 2 aromatic carbocycles. The summed E-state index contributed by atoms with van der Waals surface area (Å²) in [6.07, 6.45) is 0. The smallest absolute Gasteiger partial charge is 0.340 e. The molecule has 8 heteroatoms. The average molecular weight is 463 g/mol. The lowest BCUT2D eigenvalue weighted by Crippen LogP contribution is -2.46. The predicted molar refractivity (Wildman–Crippen MR) is 133 cm³/mol. The highest BCUT2D eigenvalue weighted by Crippen LogP contribution is 2.22. The van der Waals surface area contributed by atoms with Gasteiger partial charge in [0.05, 0.1) is 23.9 Å². The van der Waals surface area contributed by atoms with Crippen molar-refractivity contribution in [3.63, 3.8) is 0 Å². The van der Waals surface area contributed by atoms with Gasteiger partial charge in [0.15, 0.2) is 6.61 Å². The lowest BCUT2D eigenvalue weighted by molar-refractivity contribution is -0.119. The number of methoxy groups -OCH3 is 1. The van der Waals surface area contributed by atoms with Gasteiger partial charge in [-0.2, -0.15) is 0 Å². The van der Waals surface area contributed by atoms with Crippen molar-refractivity contribution in [2.45, 2.75) is 13.8 Å². The first-order valence-corrected chi connectivity index (χ1v) is 11.5. The number of aryl methyl sites for hydroxylation is 1. The van der Waals surface area contributed by atoms with E-state index in [9.17, 15) is 9.59 Å². The molecule has 0 radical (unpaired) electrons. The SMILES string of the molecule is CCN1CCN(c2ccc(NC(=O)COC(=O)c3cc4ccc(OC)cc4nc3C)cc2)CC1. The summed E-state index contributed by atoms with van der Waals surface area (Å²) in [6, 6.07) is 14.9. The van der Waals surface area contributed by atoms with Gasteiger partial charge in [0.2, 0.25) is 0 Å². The van der Waals surface area contributed by atoms with Crippen LogP contribution < -0.4 is 15.0 Å². The summed E-state index contributed by atoms with van der Waals surface area (Å²) >= 11 is 0. The van der Waals surface area contributed by atoms with Crippen LogP contribution in [0.25, 0.3) is 10.9 Å². The molecule has 0 atom stereocenters. The Hall–Kier alpha value is -3.65. The summed E-state index contributed by atoms with van der Waals surface area (Å²) in [7, 11) is 1.59. The van der Waals surface area contributed by atoms with Gasteiger partial charge in [-0.3, -0.25) is 9.78 Å². The molecule has 1 saturated heterocycles. The molecule has 1 aromatic heterocycles. The average Bonchev–Trinajstić information content (AvgIpc) is 2.87. The Morgan fingerprint density at radius 3 is 2.44 bits per heavy atom. The number of likely N-dealkylation sites (N-methyl/N-ethyl adjacent to an activating group) is 1. The van der Waals surface area contributed by atoms with Gasteiger partial charge >= 0.3 is 5.97 Å². The molecule has 0 aliphatic carbocycles. The van der Waals surface area contributed by atoms with Crippen LogP contribution in [-0.4, -0.2) is 68.2 Å². The van der Waals surface area contributed by atoms with E-state index < -0.39 is 11.9 Å². The number of fused-ring (bicyclic) bond motifs is 1. The molecule has 0 saturated carbocycles. The maximum absolute atomic E-state index is 12.6. The fraction of sp³-hybridized carbons (Fsp3) is 0.346. The lowest BCUT2D eigenvalue weighted by Gasteiger charge is -2.35. The second kappa shape index (κ2) is 10.5. The zero-order valence-electron chi connectivity index (χ0n) is 19.8. The van der Waals surface area contributed by atoms with E-state index in [1.807, 2.05) is 30.3 Å². The number of hydrogen-bond acceptors (Lipinski definition) is 7. The molecule has 1 aliphatic heterocycles. The Kier molecular flexibility index (Phi) is 7.27. The third kappa shape index (κ3) is 5.46. The van der Waals surface area contributed by atoms with Crippen molar-refractivity contribution in [3.8, 4) is 5.75 Å². The number of piperazine rings is 1. The van der Waals surface area contributed by atoms with Gasteiger partial charge in [-0.05, 0) is 55.9 Å². The molecule has 34 heavy (non-hydrogen) atoms. The van der Waals surface area contributed by atoms with Gasteiger partial charge in [-0.15, -0.1) is 0 Å². The van der Waals surface area contributed by atoms with E-state index in [-0.39, 0.29) is 6.61 Å². The molecular formula is C26H30N4O4. The van der Waals surface area contributed by atoms with Crippen molar-refractivity contribution < 1.29 is 19.1 Å². The van der Waals surface area contributed by atoms with Crippen LogP contribution in [0.4, 0.5) is 11.4 Å². The zero-order chi connectivity index (χ0) is 24.1. The molecule has 0 unspecified atom stereocenters. The number of esters is 1. The molecule has 1 N–H and O–H groups in total. The Labute approximate surface area is 199 Å². The predicted octanol–water partition coefficient (Wildman–Crippen LogP) is 3.49. The number of ether oxygens (including phenoxy) is 2. The molecule has 1 amide bonds. The first kappa shape index (κ1) is 23.5. The number of nitrogens with zero attached hydrogens (tertiary/aromatic N) is 3. The maximum atomic E-state index is 12.6. The quantitative estimate of drug-likeness (QED) is 0.538. The van der Waals surface area contributed by atoms with Gasteiger partial charge in [0, 0.05) is 49.0 Å². The van der Waals surface area contributed by atoms with Gasteiger partial charge in [0.1, 0.15) is 5.75 Å². The number of rotatable bonds is 7. The second-order valence-electron chi connectivity index (χ2n) is 8.27. The fourth-order valence-corrected chi connectivity index (χ4v) is 4.06. The van der Waals surface area contributed by atoms with Crippen molar-refractivity contribution in [2.24, 2.45) is 0 Å². The van der Waals surface area contributed by atoms with E-state index >= 15 is 0 Å². The van der Waals surface area contributed by atoms with Crippen LogP contribution in [0.5, 0.6) is 5.75 Å². The molecule has 4 rings (SSSR count). The van der Waals surface area contributed by atoms with Crippen LogP contribution in [0.15, 0.2) is 48.5 Å². The summed E-state index contributed by atoms with van der Waals surface area (Å²) in [5, 5.41) is 3.57. The minimum absolute atomic E-state index is 0.331. The van der Waals surface area contributed by atoms with Crippen LogP contribution >= 0.6 is 0 Å². The monoisotopic (exact) mass is 462 g/mol. The molecule has 1 fully saturated rings. The van der Waals surface area contributed by atoms with E-state index in [4.69, 9.17) is 9.47 Å². The third-order valence-corrected chi connectivity index (χ3v) is 6.11. The molecule has 3 aromatic rings. The number of nitrogens with one attached hydrogen (secondary N) is 1. The topological polar surface area (TPSA) is 84.0 Å². The second-order valence-corrected chi connectivity index (χ2v) is 8.27. The Balaban J connectivity index is 1.31. The Morgan fingerprint density at radius 1 is 1.03 bits per heavy atom. The van der Waals surface area contributed by atoms with E-state index in [0.717, 1.165) is 49.3 Å². The van der Waals surface area contributed by atoms with E-state index in [1.54, 1.807) is 32.2 Å². The summed E-state index contributed by atoms with van der Waals surface area (Å²) in [6.45, 7) is 8.72. The van der Waals surface area contributed by atoms with Gasteiger partial charge in [-0.25, -0.2) is 4.79 Å². The molecule has 178 valence electrons. The third-order valence-electron chi connectivity index (χ3n) is 6.11. The lowest BCUT2D eigenvalue weighted by atomic mass is 10.1. The zero-order valence-corrected chi connectivity index (χ0v) is 19.8. The maximum Gasteiger partial charge on any atom is 0.340 e. The van der Waals surface area contributed by atoms with Gasteiger partial charge in [0.25, 0.3) is 5.91 Å². The first-order chi connectivity index (χ1) is 16.5. The number of amides is 1. The summed E-state index contributed by atoms with van der Waals surface area (Å²) in [5.74, 6) is -0.285. The summed E-state index contributed by atoms with van der Waals surface area (Å²) in [4.78, 5) is 34.2. The van der Waals surface area contributed by atoms with Crippen molar-refractivity contribution in [2.75, 3.05) is 56.7 Å². The van der Waals surface area contributed by atoms with Crippen molar-refractivity contribution in [1.82, 2.24) is 9.88 Å². The van der Waals surface area contributed by atoms with Crippen LogP contribution in [0.2, 0.25) is 0 Å². The van der Waals surface area contributed by atoms with Crippen LogP contribution in [0.3, 0.4) is 0 Å². The molecule has 8 nitrogen and oxygen atoms in total. The van der Waals surface area contributed by atoms with Crippen LogP contribution in [0.1, 0.15) is 23.0 Å². The number of benzene rings is 2. The standard InChI is InChI=1S/C26H30N4O4/c1-4-29-11-13-30(14-12-29)21-8-6-20(7-9-21)28-25(31)17-34-26(32)23-15-19-5-10-22(33-3)16-24(19)27-18(23)2/h5-10,15-16H,4,11-14,17H2,1-3H3,(H,28,31).